The van der Waals surface area contributed by atoms with Gasteiger partial charge in [-0.15, -0.1) is 0 Å². The minimum absolute atomic E-state index is 0.0385. The zero-order chi connectivity index (χ0) is 20.5. The summed E-state index contributed by atoms with van der Waals surface area (Å²) in [5.41, 5.74) is 9.26. The highest BCUT2D eigenvalue weighted by Gasteiger charge is 2.17. The normalized spacial score (nSPS) is 14.6. The molecule has 0 amide bonds. The SMILES string of the molecule is O=C(O)c1cc(-c2ccc3c(c2)/C(=N/Nc2nc4ccccc4s2)CCC3)ccn1. The number of carbonyl (C=O) groups is 1. The van der Waals surface area contributed by atoms with E-state index in [9.17, 15) is 9.90 Å². The van der Waals surface area contributed by atoms with E-state index in [0.29, 0.717) is 0 Å². The molecule has 2 aromatic carbocycles. The maximum atomic E-state index is 11.3. The van der Waals surface area contributed by atoms with E-state index in [4.69, 9.17) is 0 Å². The lowest BCUT2D eigenvalue weighted by molar-refractivity contribution is 0.0690. The topological polar surface area (TPSA) is 87.5 Å². The summed E-state index contributed by atoms with van der Waals surface area (Å²) in [7, 11) is 0. The minimum atomic E-state index is -1.03. The maximum absolute atomic E-state index is 11.3. The van der Waals surface area contributed by atoms with Crippen LogP contribution in [0.15, 0.2) is 65.9 Å². The van der Waals surface area contributed by atoms with Crippen molar-refractivity contribution in [1.82, 2.24) is 9.97 Å². The lowest BCUT2D eigenvalue weighted by atomic mass is 9.87. The third-order valence-electron chi connectivity index (χ3n) is 5.17. The van der Waals surface area contributed by atoms with Crippen LogP contribution in [-0.4, -0.2) is 26.8 Å². The van der Waals surface area contributed by atoms with Crippen molar-refractivity contribution < 1.29 is 9.90 Å². The van der Waals surface area contributed by atoms with Gasteiger partial charge in [-0.2, -0.15) is 5.10 Å². The Labute approximate surface area is 176 Å². The number of hydrogen-bond acceptors (Lipinski definition) is 6. The number of anilines is 1. The first-order chi connectivity index (χ1) is 14.7. The van der Waals surface area contributed by atoms with Gasteiger partial charge < -0.3 is 5.11 Å². The molecule has 6 nitrogen and oxygen atoms in total. The van der Waals surface area contributed by atoms with E-state index >= 15 is 0 Å². The number of fused-ring (bicyclic) bond motifs is 2. The monoisotopic (exact) mass is 414 g/mol. The number of benzene rings is 2. The van der Waals surface area contributed by atoms with Gasteiger partial charge in [-0.3, -0.25) is 5.43 Å². The lowest BCUT2D eigenvalue weighted by Crippen LogP contribution is -2.13. The molecule has 4 aromatic rings. The molecule has 0 saturated carbocycles. The summed E-state index contributed by atoms with van der Waals surface area (Å²) < 4.78 is 1.12. The molecule has 2 heterocycles. The Kier molecular flexibility index (Phi) is 4.72. The zero-order valence-electron chi connectivity index (χ0n) is 16.0. The number of nitrogens with one attached hydrogen (secondary N) is 1. The Hall–Kier alpha value is -3.58. The van der Waals surface area contributed by atoms with Crippen LogP contribution >= 0.6 is 11.3 Å². The fourth-order valence-corrected chi connectivity index (χ4v) is 4.51. The van der Waals surface area contributed by atoms with Crippen molar-refractivity contribution in [3.63, 3.8) is 0 Å². The number of carboxylic acid groups (broad SMARTS) is 1. The number of hydrazone groups is 1. The van der Waals surface area contributed by atoms with Crippen molar-refractivity contribution in [1.29, 1.82) is 0 Å². The summed E-state index contributed by atoms with van der Waals surface area (Å²) in [5.74, 6) is -1.03. The Morgan fingerprint density at radius 3 is 2.80 bits per heavy atom. The Morgan fingerprint density at radius 1 is 1.07 bits per heavy atom. The first-order valence-electron chi connectivity index (χ1n) is 9.68. The third kappa shape index (κ3) is 3.55. The molecule has 0 bridgehead atoms. The van der Waals surface area contributed by atoms with Crippen LogP contribution in [0, 0.1) is 0 Å². The largest absolute Gasteiger partial charge is 0.477 e. The van der Waals surface area contributed by atoms with Crippen molar-refractivity contribution in [3.05, 3.63) is 77.6 Å². The highest BCUT2D eigenvalue weighted by atomic mass is 32.1. The number of carboxylic acids is 1. The fraction of sp³-hybridized carbons (Fsp3) is 0.130. The summed E-state index contributed by atoms with van der Waals surface area (Å²) in [6.07, 6.45) is 4.46. The molecule has 1 aliphatic rings. The van der Waals surface area contributed by atoms with E-state index in [2.05, 4.69) is 32.6 Å². The Balaban J connectivity index is 1.48. The number of thiazole rings is 1. The van der Waals surface area contributed by atoms with Crippen molar-refractivity contribution in [2.24, 2.45) is 5.10 Å². The summed E-state index contributed by atoms with van der Waals surface area (Å²) in [5, 5.41) is 14.7. The summed E-state index contributed by atoms with van der Waals surface area (Å²) in [4.78, 5) is 19.7. The third-order valence-corrected chi connectivity index (χ3v) is 6.11. The molecule has 148 valence electrons. The second kappa shape index (κ2) is 7.68. The molecule has 0 spiro atoms. The van der Waals surface area contributed by atoms with Crippen LogP contribution in [0.2, 0.25) is 0 Å². The van der Waals surface area contributed by atoms with Crippen LogP contribution in [0.4, 0.5) is 5.13 Å². The van der Waals surface area contributed by atoms with Gasteiger partial charge in [0.05, 0.1) is 15.9 Å². The van der Waals surface area contributed by atoms with E-state index < -0.39 is 5.97 Å². The van der Waals surface area contributed by atoms with Gasteiger partial charge in [0.25, 0.3) is 0 Å². The van der Waals surface area contributed by atoms with Gasteiger partial charge in [0.15, 0.2) is 0 Å². The van der Waals surface area contributed by atoms with E-state index in [0.717, 1.165) is 57.0 Å². The maximum Gasteiger partial charge on any atom is 0.354 e. The van der Waals surface area contributed by atoms with E-state index in [1.165, 1.54) is 11.8 Å². The van der Waals surface area contributed by atoms with Crippen LogP contribution in [0.5, 0.6) is 0 Å². The molecule has 0 aliphatic heterocycles. The number of aromatic nitrogens is 2. The van der Waals surface area contributed by atoms with Crippen molar-refractivity contribution in [2.45, 2.75) is 19.3 Å². The van der Waals surface area contributed by atoms with Gasteiger partial charge in [0, 0.05) is 11.8 Å². The molecule has 0 fully saturated rings. The van der Waals surface area contributed by atoms with Crippen LogP contribution < -0.4 is 5.43 Å². The number of nitrogens with zero attached hydrogens (tertiary/aromatic N) is 3. The van der Waals surface area contributed by atoms with Gasteiger partial charge >= 0.3 is 5.97 Å². The lowest BCUT2D eigenvalue weighted by Gasteiger charge is -2.19. The smallest absolute Gasteiger partial charge is 0.354 e. The molecular weight excluding hydrogens is 396 g/mol. The zero-order valence-corrected chi connectivity index (χ0v) is 16.8. The number of aryl methyl sites for hydroxylation is 1. The molecule has 5 rings (SSSR count). The Morgan fingerprint density at radius 2 is 1.93 bits per heavy atom. The summed E-state index contributed by atoms with van der Waals surface area (Å²) in [6.45, 7) is 0. The van der Waals surface area contributed by atoms with Crippen LogP contribution in [0.25, 0.3) is 21.3 Å². The molecule has 1 aliphatic carbocycles. The molecule has 0 unspecified atom stereocenters. The van der Waals surface area contributed by atoms with Gasteiger partial charge in [0.2, 0.25) is 5.13 Å². The molecular formula is C23H18N4O2S. The first kappa shape index (κ1) is 18.4. The van der Waals surface area contributed by atoms with Gasteiger partial charge in [-0.1, -0.05) is 35.6 Å². The van der Waals surface area contributed by atoms with E-state index in [1.807, 2.05) is 36.4 Å². The van der Waals surface area contributed by atoms with Crippen molar-refractivity contribution in [3.8, 4) is 11.1 Å². The summed E-state index contributed by atoms with van der Waals surface area (Å²) >= 11 is 1.58. The highest BCUT2D eigenvalue weighted by molar-refractivity contribution is 7.22. The van der Waals surface area contributed by atoms with Gasteiger partial charge in [-0.05, 0) is 66.3 Å². The summed E-state index contributed by atoms with van der Waals surface area (Å²) in [6, 6.07) is 17.7. The van der Waals surface area contributed by atoms with Gasteiger partial charge in [0.1, 0.15) is 5.69 Å². The molecule has 30 heavy (non-hydrogen) atoms. The van der Waals surface area contributed by atoms with Crippen LogP contribution in [-0.2, 0) is 6.42 Å². The molecule has 2 N–H and O–H groups in total. The average molecular weight is 414 g/mol. The quantitative estimate of drug-likeness (QED) is 0.448. The van der Waals surface area contributed by atoms with E-state index in [1.54, 1.807) is 17.4 Å². The minimum Gasteiger partial charge on any atom is -0.477 e. The second-order valence-corrected chi connectivity index (χ2v) is 8.15. The molecule has 2 aromatic heterocycles. The average Bonchev–Trinajstić information content (AvgIpc) is 3.20. The Bertz CT molecular complexity index is 1260. The van der Waals surface area contributed by atoms with E-state index in [-0.39, 0.29) is 5.69 Å². The number of hydrogen-bond donors (Lipinski definition) is 2. The second-order valence-electron chi connectivity index (χ2n) is 7.12. The number of aromatic carboxylic acids is 1. The molecule has 7 heteroatoms. The van der Waals surface area contributed by atoms with Crippen LogP contribution in [0.1, 0.15) is 34.5 Å². The standard InChI is InChI=1S/C23H18N4O2S/c28-22(29)20-13-16(10-11-24-20)15-9-8-14-4-3-6-18(17(14)12-15)26-27-23-25-19-5-1-2-7-21(19)30-23/h1-2,5,7-13H,3-4,6H2,(H,25,27)(H,28,29)/b26-18+. The molecule has 0 atom stereocenters. The molecule has 0 saturated heterocycles. The van der Waals surface area contributed by atoms with Crippen molar-refractivity contribution in [2.75, 3.05) is 5.43 Å². The first-order valence-corrected chi connectivity index (χ1v) is 10.5. The van der Waals surface area contributed by atoms with Crippen molar-refractivity contribution >= 4 is 38.4 Å². The number of rotatable bonds is 4. The number of para-hydroxylation sites is 1. The van der Waals surface area contributed by atoms with Gasteiger partial charge in [-0.25, -0.2) is 14.8 Å². The predicted molar refractivity (Wildman–Crippen MR) is 119 cm³/mol. The fourth-order valence-electron chi connectivity index (χ4n) is 3.70. The highest BCUT2D eigenvalue weighted by Crippen LogP contribution is 2.29. The predicted octanol–water partition coefficient (Wildman–Crippen LogP) is 5.21. The molecule has 0 radical (unpaired) electrons. The van der Waals surface area contributed by atoms with Crippen LogP contribution in [0.3, 0.4) is 0 Å². The number of pyridine rings is 1.